The van der Waals surface area contributed by atoms with Crippen LogP contribution in [-0.2, 0) is 4.79 Å². The lowest BCUT2D eigenvalue weighted by Gasteiger charge is -2.37. The van der Waals surface area contributed by atoms with Gasteiger partial charge in [0, 0.05) is 18.7 Å². The van der Waals surface area contributed by atoms with Gasteiger partial charge in [-0.25, -0.2) is 0 Å². The third-order valence-electron chi connectivity index (χ3n) is 4.17. The Morgan fingerprint density at radius 3 is 2.86 bits per heavy atom. The van der Waals surface area contributed by atoms with Crippen molar-refractivity contribution in [2.24, 2.45) is 5.41 Å². The fourth-order valence-electron chi connectivity index (χ4n) is 2.86. The number of aliphatic carboxylic acids is 1. The molecule has 3 rings (SSSR count). The average molecular weight is 370 g/mol. The first-order chi connectivity index (χ1) is 10.4. The van der Waals surface area contributed by atoms with Crippen LogP contribution >= 0.6 is 15.9 Å². The lowest BCUT2D eigenvalue weighted by molar-refractivity contribution is -0.150. The number of nitrogens with zero attached hydrogens (tertiary/aromatic N) is 1. The zero-order valence-electron chi connectivity index (χ0n) is 12.1. The molecular weight excluding hydrogens is 354 g/mol. The van der Waals surface area contributed by atoms with E-state index in [9.17, 15) is 14.7 Å². The number of piperidine rings is 1. The number of hydrogen-bond donors (Lipinski definition) is 1. The molecule has 2 aliphatic heterocycles. The molecule has 6 nitrogen and oxygen atoms in total. The Kier molecular flexibility index (Phi) is 3.76. The number of likely N-dealkylation sites (tertiary alicyclic amines) is 1. The zero-order valence-corrected chi connectivity index (χ0v) is 13.7. The molecule has 118 valence electrons. The number of carbonyl (C=O) groups excluding carboxylic acids is 1. The highest BCUT2D eigenvalue weighted by Crippen LogP contribution is 2.40. The Morgan fingerprint density at radius 2 is 2.14 bits per heavy atom. The molecular formula is C15H16BrNO5. The number of rotatable bonds is 2. The Balaban J connectivity index is 1.85. The standard InChI is InChI=1S/C15H16BrNO5/c1-15(14(19)20)3-2-4-17(7-15)13(18)9-5-10(16)12-11(6-9)21-8-22-12/h5-6H,2-4,7-8H2,1H3,(H,19,20). The number of carbonyl (C=O) groups is 2. The number of halogens is 1. The van der Waals surface area contributed by atoms with Crippen molar-refractivity contribution in [1.29, 1.82) is 0 Å². The zero-order chi connectivity index (χ0) is 15.9. The fourth-order valence-corrected chi connectivity index (χ4v) is 3.42. The van der Waals surface area contributed by atoms with Gasteiger partial charge in [-0.2, -0.15) is 0 Å². The van der Waals surface area contributed by atoms with Gasteiger partial charge in [-0.3, -0.25) is 9.59 Å². The predicted molar refractivity (Wildman–Crippen MR) is 81.1 cm³/mol. The van der Waals surface area contributed by atoms with Gasteiger partial charge in [-0.1, -0.05) is 0 Å². The molecule has 1 saturated heterocycles. The van der Waals surface area contributed by atoms with Crippen LogP contribution in [0.15, 0.2) is 16.6 Å². The molecule has 0 aliphatic carbocycles. The van der Waals surface area contributed by atoms with Crippen molar-refractivity contribution in [3.05, 3.63) is 22.2 Å². The van der Waals surface area contributed by atoms with Crippen molar-refractivity contribution < 1.29 is 24.2 Å². The molecule has 2 heterocycles. The number of fused-ring (bicyclic) bond motifs is 1. The minimum absolute atomic E-state index is 0.131. The van der Waals surface area contributed by atoms with Crippen LogP contribution in [0.4, 0.5) is 0 Å². The van der Waals surface area contributed by atoms with Gasteiger partial charge in [0.25, 0.3) is 5.91 Å². The SMILES string of the molecule is CC1(C(=O)O)CCCN(C(=O)c2cc(Br)c3c(c2)OCO3)C1. The maximum absolute atomic E-state index is 12.7. The largest absolute Gasteiger partial charge is 0.481 e. The van der Waals surface area contributed by atoms with Gasteiger partial charge in [0.15, 0.2) is 11.5 Å². The molecule has 1 aromatic rings. The van der Waals surface area contributed by atoms with Crippen LogP contribution in [0.5, 0.6) is 11.5 Å². The quantitative estimate of drug-likeness (QED) is 0.866. The number of ether oxygens (including phenoxy) is 2. The molecule has 0 spiro atoms. The Morgan fingerprint density at radius 1 is 1.36 bits per heavy atom. The van der Waals surface area contributed by atoms with Gasteiger partial charge in [0.05, 0.1) is 9.89 Å². The van der Waals surface area contributed by atoms with Crippen LogP contribution in [0, 0.1) is 5.41 Å². The summed E-state index contributed by atoms with van der Waals surface area (Å²) in [6.45, 7) is 2.59. The summed E-state index contributed by atoms with van der Waals surface area (Å²) in [7, 11) is 0. The van der Waals surface area contributed by atoms with Crippen LogP contribution in [-0.4, -0.2) is 41.8 Å². The van der Waals surface area contributed by atoms with Gasteiger partial charge in [-0.15, -0.1) is 0 Å². The summed E-state index contributed by atoms with van der Waals surface area (Å²) in [4.78, 5) is 25.7. The Bertz CT molecular complexity index is 647. The number of benzene rings is 1. The lowest BCUT2D eigenvalue weighted by Crippen LogP contribution is -2.48. The van der Waals surface area contributed by atoms with E-state index in [0.717, 1.165) is 0 Å². The second-order valence-corrected chi connectivity index (χ2v) is 6.74. The molecule has 1 amide bonds. The molecule has 7 heteroatoms. The molecule has 0 aromatic heterocycles. The summed E-state index contributed by atoms with van der Waals surface area (Å²) in [6.07, 6.45) is 1.26. The summed E-state index contributed by atoms with van der Waals surface area (Å²) in [5, 5.41) is 9.36. The third-order valence-corrected chi connectivity index (χ3v) is 4.76. The predicted octanol–water partition coefficient (Wildman–Crippen LogP) is 2.50. The van der Waals surface area contributed by atoms with Crippen molar-refractivity contribution in [1.82, 2.24) is 4.90 Å². The van der Waals surface area contributed by atoms with Crippen LogP contribution in [0.3, 0.4) is 0 Å². The number of hydrogen-bond acceptors (Lipinski definition) is 4. The van der Waals surface area contributed by atoms with Gasteiger partial charge in [0.1, 0.15) is 0 Å². The first-order valence-corrected chi connectivity index (χ1v) is 7.82. The van der Waals surface area contributed by atoms with Gasteiger partial charge in [-0.05, 0) is 47.8 Å². The van der Waals surface area contributed by atoms with E-state index >= 15 is 0 Å². The highest BCUT2D eigenvalue weighted by Gasteiger charge is 2.39. The molecule has 22 heavy (non-hydrogen) atoms. The van der Waals surface area contributed by atoms with E-state index in [2.05, 4.69) is 15.9 Å². The van der Waals surface area contributed by atoms with E-state index in [-0.39, 0.29) is 19.2 Å². The van der Waals surface area contributed by atoms with E-state index in [4.69, 9.17) is 9.47 Å². The number of amides is 1. The summed E-state index contributed by atoms with van der Waals surface area (Å²) >= 11 is 3.37. The first-order valence-electron chi connectivity index (χ1n) is 7.02. The fraction of sp³-hybridized carbons (Fsp3) is 0.467. The van der Waals surface area contributed by atoms with E-state index in [1.54, 1.807) is 24.0 Å². The van der Waals surface area contributed by atoms with Crippen LogP contribution in [0.25, 0.3) is 0 Å². The average Bonchev–Trinajstić information content (AvgIpc) is 2.95. The second-order valence-electron chi connectivity index (χ2n) is 5.89. The van der Waals surface area contributed by atoms with Crippen LogP contribution < -0.4 is 9.47 Å². The minimum atomic E-state index is -0.887. The Labute approximate surface area is 136 Å². The van der Waals surface area contributed by atoms with Gasteiger partial charge < -0.3 is 19.5 Å². The topological polar surface area (TPSA) is 76.1 Å². The van der Waals surface area contributed by atoms with E-state index in [1.165, 1.54) is 0 Å². The monoisotopic (exact) mass is 369 g/mol. The van der Waals surface area contributed by atoms with Gasteiger partial charge >= 0.3 is 5.97 Å². The Hall–Kier alpha value is -1.76. The molecule has 1 atom stereocenters. The van der Waals surface area contributed by atoms with E-state index in [1.807, 2.05) is 0 Å². The third kappa shape index (κ3) is 2.54. The molecule has 2 aliphatic rings. The maximum atomic E-state index is 12.7. The number of carboxylic acid groups (broad SMARTS) is 1. The number of carboxylic acids is 1. The molecule has 1 aromatic carbocycles. The van der Waals surface area contributed by atoms with E-state index in [0.29, 0.717) is 40.9 Å². The molecule has 1 fully saturated rings. The molecule has 0 radical (unpaired) electrons. The van der Waals surface area contributed by atoms with Gasteiger partial charge in [0.2, 0.25) is 6.79 Å². The van der Waals surface area contributed by atoms with Crippen molar-refractivity contribution >= 4 is 27.8 Å². The highest BCUT2D eigenvalue weighted by molar-refractivity contribution is 9.10. The normalized spacial score (nSPS) is 23.5. The van der Waals surface area contributed by atoms with Crippen LogP contribution in [0.1, 0.15) is 30.1 Å². The first kappa shape index (κ1) is 15.1. The molecule has 0 bridgehead atoms. The maximum Gasteiger partial charge on any atom is 0.311 e. The minimum Gasteiger partial charge on any atom is -0.481 e. The highest BCUT2D eigenvalue weighted by atomic mass is 79.9. The molecule has 1 unspecified atom stereocenters. The lowest BCUT2D eigenvalue weighted by atomic mass is 9.82. The van der Waals surface area contributed by atoms with Crippen LogP contribution in [0.2, 0.25) is 0 Å². The van der Waals surface area contributed by atoms with Crippen molar-refractivity contribution in [3.63, 3.8) is 0 Å². The smallest absolute Gasteiger partial charge is 0.311 e. The summed E-state index contributed by atoms with van der Waals surface area (Å²) < 4.78 is 11.3. The van der Waals surface area contributed by atoms with Crippen molar-refractivity contribution in [2.75, 3.05) is 19.9 Å². The van der Waals surface area contributed by atoms with Crippen molar-refractivity contribution in [2.45, 2.75) is 19.8 Å². The van der Waals surface area contributed by atoms with E-state index < -0.39 is 11.4 Å². The van der Waals surface area contributed by atoms with Crippen molar-refractivity contribution in [3.8, 4) is 11.5 Å². The second kappa shape index (κ2) is 5.46. The summed E-state index contributed by atoms with van der Waals surface area (Å²) in [6, 6.07) is 3.32. The molecule has 1 N–H and O–H groups in total. The molecule has 0 saturated carbocycles. The summed E-state index contributed by atoms with van der Waals surface area (Å²) in [5.74, 6) is 0.0596. The summed E-state index contributed by atoms with van der Waals surface area (Å²) in [5.41, 5.74) is -0.424.